The van der Waals surface area contributed by atoms with Crippen molar-refractivity contribution in [2.75, 3.05) is 13.1 Å². The summed E-state index contributed by atoms with van der Waals surface area (Å²) in [5, 5.41) is 3.77. The number of amides is 2. The average Bonchev–Trinajstić information content (AvgIpc) is 2.82. The third-order valence-electron chi connectivity index (χ3n) is 3.09. The van der Waals surface area contributed by atoms with Gasteiger partial charge in [0.25, 0.3) is 0 Å². The number of ether oxygens (including phenoxy) is 1. The van der Waals surface area contributed by atoms with Crippen LogP contribution in [0.25, 0.3) is 0 Å². The first-order valence-corrected chi connectivity index (χ1v) is 7.67. The number of nitrogens with zero attached hydrogens (tertiary/aromatic N) is 2. The number of hydrogen-bond acceptors (Lipinski definition) is 4. The molecule has 2 heterocycles. The van der Waals surface area contributed by atoms with Crippen LogP contribution in [0.3, 0.4) is 0 Å². The Kier molecular flexibility index (Phi) is 4.67. The second-order valence-electron chi connectivity index (χ2n) is 5.85. The van der Waals surface area contributed by atoms with E-state index in [4.69, 9.17) is 4.74 Å². The Bertz CT molecular complexity index is 545. The molecule has 2 amide bonds. The molecule has 0 radical (unpaired) electrons. The van der Waals surface area contributed by atoms with Crippen molar-refractivity contribution in [1.82, 2.24) is 15.2 Å². The van der Waals surface area contributed by atoms with Crippen LogP contribution in [-0.4, -0.2) is 40.7 Å². The number of morpholine rings is 1. The summed E-state index contributed by atoms with van der Waals surface area (Å²) in [4.78, 5) is 17.2. The normalized spacial score (nSPS) is 21.7. The number of halogens is 3. The Balaban J connectivity index is 1.91. The molecule has 22 heavy (non-hydrogen) atoms. The Morgan fingerprint density at radius 2 is 2.27 bits per heavy atom. The lowest BCUT2D eigenvalue weighted by Crippen LogP contribution is -2.56. The summed E-state index contributed by atoms with van der Waals surface area (Å²) in [5.74, 6) is 0. The summed E-state index contributed by atoms with van der Waals surface area (Å²) < 4.78 is 43.1. The molecule has 0 aliphatic carbocycles. The van der Waals surface area contributed by atoms with Crippen LogP contribution >= 0.6 is 11.3 Å². The number of thiazole rings is 1. The zero-order valence-electron chi connectivity index (χ0n) is 12.5. The van der Waals surface area contributed by atoms with E-state index in [-0.39, 0.29) is 23.7 Å². The Morgan fingerprint density at radius 3 is 2.82 bits per heavy atom. The molecular formula is C13H18F3N3O2S. The van der Waals surface area contributed by atoms with Gasteiger partial charge in [0.1, 0.15) is 5.01 Å². The molecule has 1 unspecified atom stereocenters. The van der Waals surface area contributed by atoms with Gasteiger partial charge in [-0.05, 0) is 20.8 Å². The maximum Gasteiger partial charge on any atom is 0.434 e. The number of urea groups is 1. The number of aromatic nitrogens is 1. The lowest BCUT2D eigenvalue weighted by molar-refractivity contribution is -0.140. The van der Waals surface area contributed by atoms with Crippen LogP contribution in [0.1, 0.15) is 31.5 Å². The molecule has 0 bridgehead atoms. The average molecular weight is 337 g/mol. The minimum atomic E-state index is -4.46. The number of alkyl halides is 3. The van der Waals surface area contributed by atoms with Gasteiger partial charge in [-0.15, -0.1) is 11.3 Å². The largest absolute Gasteiger partial charge is 0.434 e. The van der Waals surface area contributed by atoms with Gasteiger partial charge in [0.2, 0.25) is 0 Å². The minimum absolute atomic E-state index is 0.0221. The fraction of sp³-hybridized carbons (Fsp3) is 0.692. The molecule has 0 saturated carbocycles. The summed E-state index contributed by atoms with van der Waals surface area (Å²) in [6.45, 7) is 6.50. The van der Waals surface area contributed by atoms with Crippen molar-refractivity contribution < 1.29 is 22.7 Å². The standard InChI is InChI=1S/C13H18F3N3O2S/c1-8-5-19(7-12(2,3)21-8)11(20)17-4-10-18-9(6-22-10)13(14,15)16/h6,8H,4-5,7H2,1-3H3,(H,17,20). The highest BCUT2D eigenvalue weighted by Crippen LogP contribution is 2.30. The second-order valence-corrected chi connectivity index (χ2v) is 6.79. The van der Waals surface area contributed by atoms with Crippen LogP contribution in [0.4, 0.5) is 18.0 Å². The topological polar surface area (TPSA) is 54.5 Å². The Labute approximate surface area is 130 Å². The van der Waals surface area contributed by atoms with Crippen molar-refractivity contribution in [3.05, 3.63) is 16.1 Å². The molecule has 1 atom stereocenters. The van der Waals surface area contributed by atoms with Crippen molar-refractivity contribution in [3.8, 4) is 0 Å². The van der Waals surface area contributed by atoms with Gasteiger partial charge >= 0.3 is 12.2 Å². The molecule has 1 aromatic heterocycles. The molecule has 2 rings (SSSR count). The molecule has 0 aromatic carbocycles. The quantitative estimate of drug-likeness (QED) is 0.903. The highest BCUT2D eigenvalue weighted by Gasteiger charge is 2.35. The fourth-order valence-electron chi connectivity index (χ4n) is 2.39. The lowest BCUT2D eigenvalue weighted by Gasteiger charge is -2.41. The van der Waals surface area contributed by atoms with Crippen molar-refractivity contribution in [2.45, 2.75) is 45.2 Å². The Hall–Kier alpha value is -1.35. The van der Waals surface area contributed by atoms with Crippen LogP contribution < -0.4 is 5.32 Å². The van der Waals surface area contributed by atoms with Crippen molar-refractivity contribution in [2.24, 2.45) is 0 Å². The van der Waals surface area contributed by atoms with E-state index >= 15 is 0 Å². The molecule has 9 heteroatoms. The van der Waals surface area contributed by atoms with Gasteiger partial charge in [0.05, 0.1) is 24.8 Å². The predicted molar refractivity (Wildman–Crippen MR) is 75.6 cm³/mol. The third-order valence-corrected chi connectivity index (χ3v) is 3.94. The Morgan fingerprint density at radius 1 is 1.59 bits per heavy atom. The van der Waals surface area contributed by atoms with Gasteiger partial charge in [0.15, 0.2) is 5.69 Å². The number of nitrogens with one attached hydrogen (secondary N) is 1. The van der Waals surface area contributed by atoms with Gasteiger partial charge in [-0.1, -0.05) is 0 Å². The first-order valence-electron chi connectivity index (χ1n) is 6.79. The van der Waals surface area contributed by atoms with Crippen LogP contribution in [0.5, 0.6) is 0 Å². The van der Waals surface area contributed by atoms with E-state index in [1.54, 1.807) is 4.90 Å². The van der Waals surface area contributed by atoms with Crippen LogP contribution in [0.15, 0.2) is 5.38 Å². The summed E-state index contributed by atoms with van der Waals surface area (Å²) in [7, 11) is 0. The molecule has 1 aliphatic heterocycles. The van der Waals surface area contributed by atoms with E-state index in [1.165, 1.54) is 0 Å². The first kappa shape index (κ1) is 17.0. The number of hydrogen-bond donors (Lipinski definition) is 1. The molecule has 1 saturated heterocycles. The third kappa shape index (κ3) is 4.33. The monoisotopic (exact) mass is 337 g/mol. The zero-order chi connectivity index (χ0) is 16.5. The lowest BCUT2D eigenvalue weighted by atomic mass is 10.1. The van der Waals surface area contributed by atoms with E-state index in [1.807, 2.05) is 20.8 Å². The van der Waals surface area contributed by atoms with Crippen molar-refractivity contribution in [1.29, 1.82) is 0 Å². The predicted octanol–water partition coefficient (Wildman–Crippen LogP) is 2.87. The fourth-order valence-corrected chi connectivity index (χ4v) is 3.13. The summed E-state index contributed by atoms with van der Waals surface area (Å²) >= 11 is 0.876. The molecule has 1 aromatic rings. The molecule has 1 aliphatic rings. The molecule has 1 fully saturated rings. The van der Waals surface area contributed by atoms with Gasteiger partial charge in [-0.3, -0.25) is 0 Å². The van der Waals surface area contributed by atoms with Gasteiger partial charge in [0, 0.05) is 11.9 Å². The number of carbonyl (C=O) groups is 1. The van der Waals surface area contributed by atoms with E-state index in [2.05, 4.69) is 10.3 Å². The summed E-state index contributed by atoms with van der Waals surface area (Å²) in [5.41, 5.74) is -1.37. The zero-order valence-corrected chi connectivity index (χ0v) is 13.3. The molecule has 124 valence electrons. The van der Waals surface area contributed by atoms with Gasteiger partial charge < -0.3 is 15.0 Å². The van der Waals surface area contributed by atoms with Crippen LogP contribution in [-0.2, 0) is 17.5 Å². The maximum absolute atomic E-state index is 12.5. The molecule has 5 nitrogen and oxygen atoms in total. The van der Waals surface area contributed by atoms with Crippen molar-refractivity contribution >= 4 is 17.4 Å². The minimum Gasteiger partial charge on any atom is -0.369 e. The molecule has 0 spiro atoms. The van der Waals surface area contributed by atoms with E-state index < -0.39 is 17.5 Å². The maximum atomic E-state index is 12.5. The van der Waals surface area contributed by atoms with E-state index in [0.717, 1.165) is 16.7 Å². The van der Waals surface area contributed by atoms with Gasteiger partial charge in [-0.25, -0.2) is 9.78 Å². The number of carbonyl (C=O) groups excluding carboxylic acids is 1. The summed E-state index contributed by atoms with van der Waals surface area (Å²) in [6.07, 6.45) is -4.55. The molecular weight excluding hydrogens is 319 g/mol. The van der Waals surface area contributed by atoms with Crippen molar-refractivity contribution in [3.63, 3.8) is 0 Å². The van der Waals surface area contributed by atoms with E-state index in [0.29, 0.717) is 13.1 Å². The number of rotatable bonds is 2. The SMILES string of the molecule is CC1CN(C(=O)NCc2nc(C(F)(F)F)cs2)CC(C)(C)O1. The van der Waals surface area contributed by atoms with Gasteiger partial charge in [-0.2, -0.15) is 13.2 Å². The summed E-state index contributed by atoms with van der Waals surface area (Å²) in [6, 6.07) is -0.327. The first-order chi connectivity index (χ1) is 10.1. The van der Waals surface area contributed by atoms with E-state index in [9.17, 15) is 18.0 Å². The molecule has 1 N–H and O–H groups in total. The highest BCUT2D eigenvalue weighted by molar-refractivity contribution is 7.09. The second kappa shape index (κ2) is 6.04. The smallest absolute Gasteiger partial charge is 0.369 e. The highest BCUT2D eigenvalue weighted by atomic mass is 32.1. The van der Waals surface area contributed by atoms with Crippen LogP contribution in [0.2, 0.25) is 0 Å². The van der Waals surface area contributed by atoms with Crippen LogP contribution in [0, 0.1) is 0 Å².